The van der Waals surface area contributed by atoms with Crippen LogP contribution >= 0.6 is 0 Å². The molecule has 0 bridgehead atoms. The van der Waals surface area contributed by atoms with Crippen LogP contribution in [-0.2, 0) is 4.74 Å². The van der Waals surface area contributed by atoms with Crippen LogP contribution in [0.15, 0.2) is 24.3 Å². The molecule has 1 atom stereocenters. The van der Waals surface area contributed by atoms with E-state index in [1.54, 1.807) is 33.8 Å². The molecule has 0 aromatic rings. The second kappa shape index (κ2) is 7.69. The van der Waals surface area contributed by atoms with Gasteiger partial charge in [-0.3, -0.25) is 0 Å². The fraction of sp³-hybridized carbons (Fsp3) is 0.571. The molecular weight excluding hydrogens is 228 g/mol. The molecule has 0 rings (SSSR count). The molecule has 0 unspecified atom stereocenters. The normalized spacial score (nSPS) is 13.8. The molecular formula is C14H24N2O2. The third-order valence-corrected chi connectivity index (χ3v) is 2.01. The summed E-state index contributed by atoms with van der Waals surface area (Å²) in [5.74, 6) is 0. The van der Waals surface area contributed by atoms with E-state index in [-0.39, 0.29) is 6.04 Å². The van der Waals surface area contributed by atoms with Crippen LogP contribution in [0.2, 0.25) is 0 Å². The Morgan fingerprint density at radius 3 is 2.50 bits per heavy atom. The van der Waals surface area contributed by atoms with Crippen molar-refractivity contribution in [2.24, 2.45) is 0 Å². The summed E-state index contributed by atoms with van der Waals surface area (Å²) in [4.78, 5) is 11.5. The van der Waals surface area contributed by atoms with Crippen molar-refractivity contribution in [3.63, 3.8) is 0 Å². The van der Waals surface area contributed by atoms with Crippen molar-refractivity contribution < 1.29 is 9.53 Å². The van der Waals surface area contributed by atoms with Crippen molar-refractivity contribution in [1.82, 2.24) is 5.32 Å². The maximum atomic E-state index is 11.5. The summed E-state index contributed by atoms with van der Waals surface area (Å²) in [6.07, 6.45) is 7.82. The topological polar surface area (TPSA) is 62.2 Å². The van der Waals surface area contributed by atoms with Crippen LogP contribution in [0.1, 0.15) is 41.0 Å². The summed E-state index contributed by atoms with van der Waals surface area (Å²) < 4.78 is 5.12. The van der Waals surface area contributed by atoms with Gasteiger partial charge in [0.2, 0.25) is 0 Å². The Bertz CT molecular complexity index is 338. The number of carbonyl (C=O) groups excluding carboxylic acids is 1. The zero-order chi connectivity index (χ0) is 14.2. The van der Waals surface area contributed by atoms with Crippen LogP contribution in [0, 0.1) is 5.41 Å². The van der Waals surface area contributed by atoms with E-state index in [0.717, 1.165) is 6.42 Å². The minimum atomic E-state index is -0.520. The summed E-state index contributed by atoms with van der Waals surface area (Å²) >= 11 is 0. The van der Waals surface area contributed by atoms with E-state index in [1.165, 1.54) is 0 Å². The summed E-state index contributed by atoms with van der Waals surface area (Å²) in [6.45, 7) is 9.12. The Hall–Kier alpha value is -1.58. The second-order valence-corrected chi connectivity index (χ2v) is 5.03. The lowest BCUT2D eigenvalue weighted by molar-refractivity contribution is 0.0521. The molecule has 4 nitrogen and oxygen atoms in total. The molecule has 0 aliphatic carbocycles. The van der Waals surface area contributed by atoms with Crippen LogP contribution in [0.25, 0.3) is 0 Å². The Kier molecular flexibility index (Phi) is 7.01. The molecule has 0 heterocycles. The number of carbonyl (C=O) groups is 1. The summed E-state index contributed by atoms with van der Waals surface area (Å²) in [5, 5.41) is 10.4. The van der Waals surface area contributed by atoms with E-state index in [9.17, 15) is 4.79 Å². The Morgan fingerprint density at radius 1 is 1.39 bits per heavy atom. The van der Waals surface area contributed by atoms with E-state index in [0.29, 0.717) is 5.71 Å². The highest BCUT2D eigenvalue weighted by molar-refractivity contribution is 5.98. The Morgan fingerprint density at radius 2 is 2.00 bits per heavy atom. The van der Waals surface area contributed by atoms with Crippen molar-refractivity contribution in [3.8, 4) is 0 Å². The maximum absolute atomic E-state index is 11.5. The van der Waals surface area contributed by atoms with Gasteiger partial charge in [0.15, 0.2) is 0 Å². The quantitative estimate of drug-likeness (QED) is 0.581. The van der Waals surface area contributed by atoms with E-state index in [1.807, 2.05) is 25.2 Å². The SMILES string of the molecule is C/C=C\C/C=C\C(=N)[C@@H](C)NC(=O)OC(C)(C)C. The van der Waals surface area contributed by atoms with Gasteiger partial charge < -0.3 is 15.5 Å². The molecule has 0 spiro atoms. The number of nitrogens with one attached hydrogen (secondary N) is 2. The number of rotatable bonds is 5. The highest BCUT2D eigenvalue weighted by Gasteiger charge is 2.18. The number of hydrogen-bond acceptors (Lipinski definition) is 3. The highest BCUT2D eigenvalue weighted by atomic mass is 16.6. The van der Waals surface area contributed by atoms with Crippen LogP contribution in [0.5, 0.6) is 0 Å². The van der Waals surface area contributed by atoms with Crippen molar-refractivity contribution in [3.05, 3.63) is 24.3 Å². The zero-order valence-corrected chi connectivity index (χ0v) is 11.9. The molecule has 0 fully saturated rings. The zero-order valence-electron chi connectivity index (χ0n) is 11.9. The predicted molar refractivity (Wildman–Crippen MR) is 75.1 cm³/mol. The van der Waals surface area contributed by atoms with E-state index >= 15 is 0 Å². The number of amides is 1. The van der Waals surface area contributed by atoms with Crippen LogP contribution in [0.4, 0.5) is 4.79 Å². The van der Waals surface area contributed by atoms with Crippen molar-refractivity contribution in [2.45, 2.75) is 52.7 Å². The molecule has 2 N–H and O–H groups in total. The fourth-order valence-electron chi connectivity index (χ4n) is 1.12. The Labute approximate surface area is 110 Å². The van der Waals surface area contributed by atoms with Gasteiger partial charge in [-0.1, -0.05) is 18.2 Å². The molecule has 0 aliphatic rings. The van der Waals surface area contributed by atoms with Gasteiger partial charge in [-0.05, 0) is 47.1 Å². The van der Waals surface area contributed by atoms with Crippen molar-refractivity contribution in [1.29, 1.82) is 5.41 Å². The second-order valence-electron chi connectivity index (χ2n) is 5.03. The van der Waals surface area contributed by atoms with Gasteiger partial charge in [0.1, 0.15) is 5.60 Å². The van der Waals surface area contributed by atoms with Crippen molar-refractivity contribution in [2.75, 3.05) is 0 Å². The number of hydrogen-bond donors (Lipinski definition) is 2. The summed E-state index contributed by atoms with van der Waals surface area (Å²) in [7, 11) is 0. The van der Waals surface area contributed by atoms with Gasteiger partial charge in [0, 0.05) is 0 Å². The minimum Gasteiger partial charge on any atom is -0.444 e. The van der Waals surface area contributed by atoms with E-state index < -0.39 is 11.7 Å². The molecule has 4 heteroatoms. The van der Waals surface area contributed by atoms with Gasteiger partial charge >= 0.3 is 6.09 Å². The highest BCUT2D eigenvalue weighted by Crippen LogP contribution is 2.06. The molecule has 0 saturated heterocycles. The van der Waals surface area contributed by atoms with Crippen LogP contribution in [-0.4, -0.2) is 23.4 Å². The monoisotopic (exact) mass is 252 g/mol. The predicted octanol–water partition coefficient (Wildman–Crippen LogP) is 3.44. The lowest BCUT2D eigenvalue weighted by Crippen LogP contribution is -2.40. The summed E-state index contributed by atoms with van der Waals surface area (Å²) in [5.41, 5.74) is -0.168. The molecule has 0 radical (unpaired) electrons. The molecule has 0 aromatic carbocycles. The number of allylic oxidation sites excluding steroid dienone is 3. The fourth-order valence-corrected chi connectivity index (χ4v) is 1.12. The Balaban J connectivity index is 4.16. The van der Waals surface area contributed by atoms with Crippen molar-refractivity contribution >= 4 is 11.8 Å². The largest absolute Gasteiger partial charge is 0.444 e. The lowest BCUT2D eigenvalue weighted by atomic mass is 10.2. The van der Waals surface area contributed by atoms with Gasteiger partial charge in [-0.2, -0.15) is 0 Å². The molecule has 1 amide bonds. The molecule has 0 saturated carbocycles. The van der Waals surface area contributed by atoms with Gasteiger partial charge in [0.25, 0.3) is 0 Å². The number of ether oxygens (including phenoxy) is 1. The standard InChI is InChI=1S/C14H24N2O2/c1-6-7-8-9-10-12(15)11(2)16-13(17)18-14(3,4)5/h6-7,9-11,15H,8H2,1-5H3,(H,16,17)/b7-6-,10-9-,15-12?/t11-/m1/s1. The molecule has 0 aromatic heterocycles. The van der Waals surface area contributed by atoms with Gasteiger partial charge in [-0.15, -0.1) is 0 Å². The van der Waals surface area contributed by atoms with Crippen LogP contribution in [0.3, 0.4) is 0 Å². The smallest absolute Gasteiger partial charge is 0.408 e. The third-order valence-electron chi connectivity index (χ3n) is 2.01. The molecule has 18 heavy (non-hydrogen) atoms. The van der Waals surface area contributed by atoms with Gasteiger partial charge in [-0.25, -0.2) is 4.79 Å². The maximum Gasteiger partial charge on any atom is 0.408 e. The average Bonchev–Trinajstić information content (AvgIpc) is 2.21. The minimum absolute atomic E-state index is 0.352. The average molecular weight is 252 g/mol. The molecule has 102 valence electrons. The van der Waals surface area contributed by atoms with Crippen LogP contribution < -0.4 is 5.32 Å². The summed E-state index contributed by atoms with van der Waals surface area (Å²) in [6, 6.07) is -0.360. The van der Waals surface area contributed by atoms with E-state index in [4.69, 9.17) is 10.1 Å². The first-order valence-electron chi connectivity index (χ1n) is 6.12. The van der Waals surface area contributed by atoms with E-state index in [2.05, 4.69) is 5.32 Å². The number of alkyl carbamates (subject to hydrolysis) is 1. The lowest BCUT2D eigenvalue weighted by Gasteiger charge is -2.21. The first kappa shape index (κ1) is 16.4. The van der Waals surface area contributed by atoms with Gasteiger partial charge in [0.05, 0.1) is 11.8 Å². The third kappa shape index (κ3) is 8.56. The first-order valence-corrected chi connectivity index (χ1v) is 6.12. The molecule has 0 aliphatic heterocycles. The first-order chi connectivity index (χ1) is 8.26.